The van der Waals surface area contributed by atoms with E-state index in [2.05, 4.69) is 62.5 Å². The molecule has 0 aromatic rings. The highest BCUT2D eigenvalue weighted by Gasteiger charge is 2.22. The number of esters is 2. The first-order valence-electron chi connectivity index (χ1n) is 37.3. The molecule has 2 unspecified atom stereocenters. The fourth-order valence-electron chi connectivity index (χ4n) is 11.2. The van der Waals surface area contributed by atoms with Crippen LogP contribution in [0.1, 0.15) is 373 Å². The number of unbranched alkanes of at least 4 members (excludes halogenated alkanes) is 48. The molecular weight excluding hydrogens is 1090 g/mol. The first-order valence-corrected chi connectivity index (χ1v) is 38.8. The van der Waals surface area contributed by atoms with Gasteiger partial charge in [0.15, 0.2) is 6.10 Å². The second kappa shape index (κ2) is 67.4. The number of quaternary nitrogens is 1. The van der Waals surface area contributed by atoms with Gasteiger partial charge in [-0.2, -0.15) is 0 Å². The van der Waals surface area contributed by atoms with E-state index < -0.39 is 26.5 Å². The summed E-state index contributed by atoms with van der Waals surface area (Å²) >= 11 is 0. The molecular formula is C76H144NO8P. The molecule has 0 aliphatic heterocycles. The van der Waals surface area contributed by atoms with Gasteiger partial charge in [-0.05, 0) is 51.4 Å². The molecule has 0 aromatic carbocycles. The van der Waals surface area contributed by atoms with Crippen molar-refractivity contribution in [2.75, 3.05) is 47.5 Å². The number of phosphoric ester groups is 1. The number of hydrogen-bond donors (Lipinski definition) is 0. The van der Waals surface area contributed by atoms with Gasteiger partial charge < -0.3 is 27.9 Å². The number of phosphoric acid groups is 1. The molecule has 0 saturated carbocycles. The lowest BCUT2D eigenvalue weighted by Gasteiger charge is -2.28. The predicted octanol–water partition coefficient (Wildman–Crippen LogP) is 23.8. The van der Waals surface area contributed by atoms with Crippen molar-refractivity contribution in [3.8, 4) is 0 Å². The Bertz CT molecular complexity index is 1590. The van der Waals surface area contributed by atoms with Gasteiger partial charge >= 0.3 is 11.9 Å². The number of carbonyl (C=O) groups is 2. The number of rotatable bonds is 70. The molecule has 0 heterocycles. The molecule has 0 rings (SSSR count). The summed E-state index contributed by atoms with van der Waals surface area (Å²) in [6.07, 6.45) is 87.9. The lowest BCUT2D eigenvalue weighted by molar-refractivity contribution is -0.870. The standard InChI is InChI=1S/C76H144NO8P/c1-6-8-10-12-14-16-18-20-22-24-26-28-30-32-34-35-36-37-38-39-40-41-43-45-47-49-51-53-55-57-59-61-63-65-67-69-76(79)85-74(73-84-86(80,81)83-71-70-77(3,4)5)72-82-75(78)68-66-64-62-60-58-56-54-52-50-48-46-44-42-33-31-29-27-25-23-21-19-17-15-13-11-9-7-2/h8,10,14,16,20,22,26,28,74H,6-7,9,11-13,15,17-19,21,23-25,27,29-73H2,1-5H3/b10-8-,16-14-,22-20-,28-26-. The molecule has 9 nitrogen and oxygen atoms in total. The zero-order valence-corrected chi connectivity index (χ0v) is 58.7. The van der Waals surface area contributed by atoms with E-state index in [9.17, 15) is 19.0 Å². The molecule has 0 radical (unpaired) electrons. The largest absolute Gasteiger partial charge is 0.756 e. The average Bonchev–Trinajstić information content (AvgIpc) is 3.56. The topological polar surface area (TPSA) is 111 Å². The van der Waals surface area contributed by atoms with Crippen LogP contribution in [0, 0.1) is 0 Å². The highest BCUT2D eigenvalue weighted by Crippen LogP contribution is 2.38. The molecule has 0 bridgehead atoms. The maximum atomic E-state index is 12.9. The van der Waals surface area contributed by atoms with Gasteiger partial charge in [-0.25, -0.2) is 0 Å². The van der Waals surface area contributed by atoms with E-state index in [1.54, 1.807) is 0 Å². The van der Waals surface area contributed by atoms with Gasteiger partial charge in [0.2, 0.25) is 0 Å². The van der Waals surface area contributed by atoms with Crippen LogP contribution in [0.2, 0.25) is 0 Å². The normalized spacial score (nSPS) is 13.3. The average molecular weight is 1230 g/mol. The van der Waals surface area contributed by atoms with Gasteiger partial charge in [0, 0.05) is 12.8 Å². The smallest absolute Gasteiger partial charge is 0.306 e. The summed E-state index contributed by atoms with van der Waals surface area (Å²) in [6.45, 7) is 4.21. The first kappa shape index (κ1) is 84.0. The van der Waals surface area contributed by atoms with Crippen molar-refractivity contribution in [2.24, 2.45) is 0 Å². The molecule has 0 spiro atoms. The van der Waals surface area contributed by atoms with E-state index in [1.807, 2.05) is 21.1 Å². The summed E-state index contributed by atoms with van der Waals surface area (Å²) in [7, 11) is 1.19. The molecule has 86 heavy (non-hydrogen) atoms. The highest BCUT2D eigenvalue weighted by molar-refractivity contribution is 7.45. The maximum Gasteiger partial charge on any atom is 0.306 e. The quantitative estimate of drug-likeness (QED) is 0.0195. The number of likely N-dealkylation sites (N-methyl/N-ethyl adjacent to an activating group) is 1. The summed E-state index contributed by atoms with van der Waals surface area (Å²) in [5, 5.41) is 0. The number of hydrogen-bond acceptors (Lipinski definition) is 8. The number of allylic oxidation sites excluding steroid dienone is 8. The van der Waals surface area contributed by atoms with Crippen LogP contribution >= 0.6 is 7.82 Å². The number of carbonyl (C=O) groups excluding carboxylic acids is 2. The van der Waals surface area contributed by atoms with Crippen LogP contribution in [0.15, 0.2) is 48.6 Å². The minimum atomic E-state index is -4.64. The van der Waals surface area contributed by atoms with E-state index in [0.29, 0.717) is 17.4 Å². The van der Waals surface area contributed by atoms with E-state index in [1.165, 1.54) is 283 Å². The van der Waals surface area contributed by atoms with E-state index in [0.717, 1.165) is 57.8 Å². The van der Waals surface area contributed by atoms with Crippen LogP contribution in [0.3, 0.4) is 0 Å². The van der Waals surface area contributed by atoms with Gasteiger partial charge in [-0.3, -0.25) is 14.2 Å². The Hall–Kier alpha value is -2.03. The SMILES string of the molecule is CC/C=C\C/C=C\C/C=C\C/C=C\CCCCCCCCCCCCCCCCCCCCCCCCC(=O)OC(COC(=O)CCCCCCCCCCCCCCCCCCCCCCCCCCCCC)COP(=O)([O-])OCC[N+](C)(C)C. The van der Waals surface area contributed by atoms with E-state index >= 15 is 0 Å². The zero-order chi connectivity index (χ0) is 62.6. The molecule has 0 saturated heterocycles. The zero-order valence-electron chi connectivity index (χ0n) is 57.8. The first-order chi connectivity index (χ1) is 42.0. The summed E-state index contributed by atoms with van der Waals surface area (Å²) < 4.78 is 34.4. The maximum absolute atomic E-state index is 12.9. The fraction of sp³-hybridized carbons (Fsp3) is 0.868. The lowest BCUT2D eigenvalue weighted by atomic mass is 10.0. The Balaban J connectivity index is 3.94. The minimum Gasteiger partial charge on any atom is -0.756 e. The van der Waals surface area contributed by atoms with E-state index in [4.69, 9.17) is 18.5 Å². The molecule has 0 aliphatic carbocycles. The third-order valence-electron chi connectivity index (χ3n) is 16.9. The van der Waals surface area contributed by atoms with Crippen LogP contribution in [0.25, 0.3) is 0 Å². The minimum absolute atomic E-state index is 0.0275. The van der Waals surface area contributed by atoms with Crippen LogP contribution in [-0.2, 0) is 32.7 Å². The van der Waals surface area contributed by atoms with Crippen LogP contribution in [-0.4, -0.2) is 70.0 Å². The van der Waals surface area contributed by atoms with Crippen LogP contribution in [0.4, 0.5) is 0 Å². The van der Waals surface area contributed by atoms with Crippen LogP contribution < -0.4 is 4.89 Å². The van der Waals surface area contributed by atoms with Crippen molar-refractivity contribution < 1.29 is 42.1 Å². The van der Waals surface area contributed by atoms with Crippen molar-refractivity contribution in [3.05, 3.63) is 48.6 Å². The molecule has 0 fully saturated rings. The number of nitrogens with zero attached hydrogens (tertiary/aromatic N) is 1. The summed E-state index contributed by atoms with van der Waals surface area (Å²) in [6, 6.07) is 0. The van der Waals surface area contributed by atoms with Gasteiger partial charge in [0.05, 0.1) is 27.7 Å². The van der Waals surface area contributed by atoms with Crippen LogP contribution in [0.5, 0.6) is 0 Å². The Kier molecular flexibility index (Phi) is 65.8. The molecule has 0 amide bonds. The summed E-state index contributed by atoms with van der Waals surface area (Å²) in [5.74, 6) is -0.809. The lowest BCUT2D eigenvalue weighted by Crippen LogP contribution is -2.37. The Labute approximate surface area is 534 Å². The Morgan fingerprint density at radius 3 is 0.988 bits per heavy atom. The molecule has 506 valence electrons. The molecule has 0 aliphatic rings. The van der Waals surface area contributed by atoms with Gasteiger partial charge in [-0.15, -0.1) is 0 Å². The Morgan fingerprint density at radius 2 is 0.663 bits per heavy atom. The Morgan fingerprint density at radius 1 is 0.372 bits per heavy atom. The van der Waals surface area contributed by atoms with Crippen molar-refractivity contribution in [1.82, 2.24) is 0 Å². The van der Waals surface area contributed by atoms with Crippen molar-refractivity contribution in [1.29, 1.82) is 0 Å². The monoisotopic (exact) mass is 1230 g/mol. The van der Waals surface area contributed by atoms with Crippen molar-refractivity contribution in [3.63, 3.8) is 0 Å². The third-order valence-corrected chi connectivity index (χ3v) is 17.8. The molecule has 2 atom stereocenters. The fourth-order valence-corrected chi connectivity index (χ4v) is 11.9. The second-order valence-corrected chi connectivity index (χ2v) is 28.1. The summed E-state index contributed by atoms with van der Waals surface area (Å²) in [5.41, 5.74) is 0. The van der Waals surface area contributed by atoms with Gasteiger partial charge in [0.25, 0.3) is 7.82 Å². The summed E-state index contributed by atoms with van der Waals surface area (Å²) in [4.78, 5) is 38.1. The third kappa shape index (κ3) is 71.1. The number of ether oxygens (including phenoxy) is 2. The van der Waals surface area contributed by atoms with Gasteiger partial charge in [-0.1, -0.05) is 358 Å². The van der Waals surface area contributed by atoms with E-state index in [-0.39, 0.29) is 32.0 Å². The second-order valence-electron chi connectivity index (χ2n) is 26.6. The molecule has 10 heteroatoms. The highest BCUT2D eigenvalue weighted by atomic mass is 31.2. The predicted molar refractivity (Wildman–Crippen MR) is 370 cm³/mol. The van der Waals surface area contributed by atoms with Crippen molar-refractivity contribution in [2.45, 2.75) is 380 Å². The van der Waals surface area contributed by atoms with Crippen molar-refractivity contribution >= 4 is 19.8 Å². The van der Waals surface area contributed by atoms with Gasteiger partial charge in [0.1, 0.15) is 19.8 Å². The molecule has 0 aromatic heterocycles. The molecule has 0 N–H and O–H groups in total.